The van der Waals surface area contributed by atoms with Crippen molar-refractivity contribution in [2.24, 2.45) is 0 Å². The molecule has 0 saturated heterocycles. The molecule has 0 amide bonds. The van der Waals surface area contributed by atoms with Gasteiger partial charge < -0.3 is 14.8 Å². The van der Waals surface area contributed by atoms with E-state index >= 15 is 0 Å². The Hall–Kier alpha value is -3.12. The normalized spacial score (nSPS) is 11.1. The molecule has 0 radical (unpaired) electrons. The Bertz CT molecular complexity index is 1000. The SMILES string of the molecule is COC(=O)c1cc(Nc2cc(=O)n(CCCS(=O)(=O)O)[nH]2)cc(C(=O)OC)c1. The first kappa shape index (κ1) is 21.2. The van der Waals surface area contributed by atoms with Crippen LogP contribution in [0.4, 0.5) is 11.5 Å². The topological polar surface area (TPSA) is 157 Å². The third-order valence-electron chi connectivity index (χ3n) is 3.63. The van der Waals surface area contributed by atoms with Crippen LogP contribution in [0.25, 0.3) is 0 Å². The predicted octanol–water partition coefficient (Wildman–Crippen LogP) is 0.771. The maximum absolute atomic E-state index is 12.0. The molecule has 1 aromatic heterocycles. The number of methoxy groups -OCH3 is 2. The molecule has 1 aromatic carbocycles. The number of H-pyrrole nitrogens is 1. The van der Waals surface area contributed by atoms with Gasteiger partial charge in [0.25, 0.3) is 15.7 Å². The van der Waals surface area contributed by atoms with Crippen molar-refractivity contribution in [1.82, 2.24) is 9.78 Å². The van der Waals surface area contributed by atoms with Gasteiger partial charge in [0.2, 0.25) is 0 Å². The molecule has 152 valence electrons. The summed E-state index contributed by atoms with van der Waals surface area (Å²) in [6, 6.07) is 5.38. The third kappa shape index (κ3) is 5.69. The molecule has 11 nitrogen and oxygen atoms in total. The number of hydrogen-bond donors (Lipinski definition) is 3. The van der Waals surface area contributed by atoms with Crippen LogP contribution in [0.5, 0.6) is 0 Å². The highest BCUT2D eigenvalue weighted by Crippen LogP contribution is 2.20. The van der Waals surface area contributed by atoms with Crippen LogP contribution in [0, 0.1) is 0 Å². The molecular formula is C16H19N3O8S. The van der Waals surface area contributed by atoms with Gasteiger partial charge in [-0.25, -0.2) is 9.59 Å². The van der Waals surface area contributed by atoms with E-state index in [1.807, 2.05) is 0 Å². The molecule has 0 atom stereocenters. The number of rotatable bonds is 8. The van der Waals surface area contributed by atoms with Crippen molar-refractivity contribution in [2.45, 2.75) is 13.0 Å². The van der Waals surface area contributed by atoms with Crippen molar-refractivity contribution in [3.05, 3.63) is 45.7 Å². The van der Waals surface area contributed by atoms with E-state index in [9.17, 15) is 22.8 Å². The minimum absolute atomic E-state index is 0.0308. The summed E-state index contributed by atoms with van der Waals surface area (Å²) in [6.45, 7) is 0.0376. The zero-order valence-corrected chi connectivity index (χ0v) is 15.9. The van der Waals surface area contributed by atoms with Gasteiger partial charge in [-0.1, -0.05) is 0 Å². The molecular weight excluding hydrogens is 394 g/mol. The summed E-state index contributed by atoms with van der Waals surface area (Å²) in [4.78, 5) is 35.6. The first-order valence-corrected chi connectivity index (χ1v) is 9.57. The smallest absolute Gasteiger partial charge is 0.337 e. The minimum atomic E-state index is -4.11. The molecule has 0 spiro atoms. The average molecular weight is 413 g/mol. The lowest BCUT2D eigenvalue weighted by atomic mass is 10.1. The molecule has 3 N–H and O–H groups in total. The standard InChI is InChI=1S/C16H19N3O8S/c1-26-15(21)10-6-11(16(22)27-2)8-12(7-10)17-13-9-14(20)19(18-13)4-3-5-28(23,24)25/h6-9,17-18H,3-5H2,1-2H3,(H,23,24,25). The number of benzene rings is 1. The Morgan fingerprint density at radius 3 is 2.18 bits per heavy atom. The van der Waals surface area contributed by atoms with Crippen LogP contribution >= 0.6 is 0 Å². The van der Waals surface area contributed by atoms with Crippen LogP contribution in [0.1, 0.15) is 27.1 Å². The van der Waals surface area contributed by atoms with E-state index < -0.39 is 33.4 Å². The number of ether oxygens (including phenoxy) is 2. The van der Waals surface area contributed by atoms with Gasteiger partial charge in [0.05, 0.1) is 31.1 Å². The number of aryl methyl sites for hydroxylation is 1. The van der Waals surface area contributed by atoms with Gasteiger partial charge in [0.15, 0.2) is 0 Å². The van der Waals surface area contributed by atoms with Crippen LogP contribution in [-0.4, -0.2) is 54.7 Å². The fourth-order valence-electron chi connectivity index (χ4n) is 2.40. The maximum atomic E-state index is 12.0. The van der Waals surface area contributed by atoms with E-state index in [1.165, 1.54) is 38.5 Å². The van der Waals surface area contributed by atoms with Gasteiger partial charge in [-0.2, -0.15) is 8.42 Å². The Morgan fingerprint density at radius 2 is 1.68 bits per heavy atom. The van der Waals surface area contributed by atoms with Gasteiger partial charge in [0, 0.05) is 18.3 Å². The molecule has 0 aliphatic carbocycles. The van der Waals surface area contributed by atoms with Gasteiger partial charge in [-0.15, -0.1) is 0 Å². The number of carbonyl (C=O) groups is 2. The van der Waals surface area contributed by atoms with E-state index in [1.54, 1.807) is 0 Å². The molecule has 2 rings (SSSR count). The van der Waals surface area contributed by atoms with E-state index in [0.29, 0.717) is 5.69 Å². The number of carbonyl (C=O) groups excluding carboxylic acids is 2. The van der Waals surface area contributed by atoms with Gasteiger partial charge >= 0.3 is 11.9 Å². The number of anilines is 2. The highest BCUT2D eigenvalue weighted by Gasteiger charge is 2.15. The lowest BCUT2D eigenvalue weighted by Gasteiger charge is -2.09. The number of aromatic nitrogens is 2. The van der Waals surface area contributed by atoms with Crippen LogP contribution < -0.4 is 10.9 Å². The maximum Gasteiger partial charge on any atom is 0.337 e. The van der Waals surface area contributed by atoms with E-state index in [0.717, 1.165) is 4.68 Å². The van der Waals surface area contributed by atoms with Crippen molar-refractivity contribution in [1.29, 1.82) is 0 Å². The largest absolute Gasteiger partial charge is 0.465 e. The Kier molecular flexibility index (Phi) is 6.59. The second-order valence-corrected chi connectivity index (χ2v) is 7.28. The molecule has 0 bridgehead atoms. The Labute approximate surface area is 160 Å². The average Bonchev–Trinajstić information content (AvgIpc) is 2.98. The summed E-state index contributed by atoms with van der Waals surface area (Å²) < 4.78 is 40.7. The molecule has 0 aliphatic rings. The number of esters is 2. The zero-order chi connectivity index (χ0) is 20.9. The first-order valence-electron chi connectivity index (χ1n) is 7.96. The van der Waals surface area contributed by atoms with E-state index in [2.05, 4.69) is 19.9 Å². The summed E-state index contributed by atoms with van der Waals surface area (Å²) in [7, 11) is -1.71. The lowest BCUT2D eigenvalue weighted by Crippen LogP contribution is -2.18. The number of nitrogens with one attached hydrogen (secondary N) is 2. The summed E-state index contributed by atoms with van der Waals surface area (Å²) in [5.41, 5.74) is 0.0791. The fourth-order valence-corrected chi connectivity index (χ4v) is 2.89. The zero-order valence-electron chi connectivity index (χ0n) is 15.1. The van der Waals surface area contributed by atoms with Crippen LogP contribution in [0.2, 0.25) is 0 Å². The molecule has 28 heavy (non-hydrogen) atoms. The Balaban J connectivity index is 2.25. The third-order valence-corrected chi connectivity index (χ3v) is 4.43. The first-order chi connectivity index (χ1) is 13.1. The summed E-state index contributed by atoms with van der Waals surface area (Å²) >= 11 is 0. The van der Waals surface area contributed by atoms with Crippen molar-refractivity contribution in [2.75, 3.05) is 25.3 Å². The summed E-state index contributed by atoms with van der Waals surface area (Å²) in [5, 5.41) is 5.58. The quantitative estimate of drug-likeness (QED) is 0.420. The molecule has 0 unspecified atom stereocenters. The van der Waals surface area contributed by atoms with E-state index in [-0.39, 0.29) is 29.9 Å². The van der Waals surface area contributed by atoms with Crippen molar-refractivity contribution in [3.8, 4) is 0 Å². The highest BCUT2D eigenvalue weighted by molar-refractivity contribution is 7.85. The number of nitrogens with zero attached hydrogens (tertiary/aromatic N) is 1. The number of aromatic amines is 1. The van der Waals surface area contributed by atoms with Gasteiger partial charge in [-0.05, 0) is 24.6 Å². The van der Waals surface area contributed by atoms with Crippen LogP contribution in [0.15, 0.2) is 29.1 Å². The van der Waals surface area contributed by atoms with Crippen molar-refractivity contribution < 1.29 is 32.0 Å². The van der Waals surface area contributed by atoms with Crippen LogP contribution in [-0.2, 0) is 26.1 Å². The van der Waals surface area contributed by atoms with Crippen molar-refractivity contribution in [3.63, 3.8) is 0 Å². The molecule has 2 aromatic rings. The second-order valence-electron chi connectivity index (χ2n) is 5.71. The number of hydrogen-bond acceptors (Lipinski definition) is 8. The molecule has 1 heterocycles. The predicted molar refractivity (Wildman–Crippen MR) is 98.5 cm³/mol. The lowest BCUT2D eigenvalue weighted by molar-refractivity contribution is 0.0599. The second kappa shape index (κ2) is 8.71. The van der Waals surface area contributed by atoms with E-state index in [4.69, 9.17) is 4.55 Å². The molecule has 0 fully saturated rings. The molecule has 0 saturated carbocycles. The fraction of sp³-hybridized carbons (Fsp3) is 0.312. The molecule has 0 aliphatic heterocycles. The monoisotopic (exact) mass is 413 g/mol. The summed E-state index contributed by atoms with van der Waals surface area (Å²) in [5.74, 6) is -1.56. The van der Waals surface area contributed by atoms with Crippen LogP contribution in [0.3, 0.4) is 0 Å². The summed E-state index contributed by atoms with van der Waals surface area (Å²) in [6.07, 6.45) is 0.0308. The minimum Gasteiger partial charge on any atom is -0.465 e. The Morgan fingerprint density at radius 1 is 1.11 bits per heavy atom. The molecule has 12 heteroatoms. The van der Waals surface area contributed by atoms with Crippen molar-refractivity contribution >= 4 is 33.6 Å². The highest BCUT2D eigenvalue weighted by atomic mass is 32.2. The van der Waals surface area contributed by atoms with Gasteiger partial charge in [0.1, 0.15) is 5.82 Å². The van der Waals surface area contributed by atoms with Gasteiger partial charge in [-0.3, -0.25) is 19.1 Å².